The second-order valence-corrected chi connectivity index (χ2v) is 4.85. The Bertz CT molecular complexity index is 501. The van der Waals surface area contributed by atoms with Crippen molar-refractivity contribution in [3.63, 3.8) is 0 Å². The van der Waals surface area contributed by atoms with Gasteiger partial charge in [0, 0.05) is 36.7 Å². The third-order valence-corrected chi connectivity index (χ3v) is 3.13. The van der Waals surface area contributed by atoms with Crippen molar-refractivity contribution in [2.24, 2.45) is 7.05 Å². The fourth-order valence-electron chi connectivity index (χ4n) is 1.91. The van der Waals surface area contributed by atoms with Crippen molar-refractivity contribution in [1.82, 2.24) is 19.6 Å². The molecule has 1 unspecified atom stereocenters. The second-order valence-electron chi connectivity index (χ2n) is 4.85. The molecule has 0 aliphatic heterocycles. The summed E-state index contributed by atoms with van der Waals surface area (Å²) in [6.45, 7) is 4.14. The zero-order valence-corrected chi connectivity index (χ0v) is 11.1. The minimum absolute atomic E-state index is 0.322. The molecule has 0 bridgehead atoms. The molecule has 1 N–H and O–H groups in total. The van der Waals surface area contributed by atoms with Gasteiger partial charge in [0.2, 0.25) is 0 Å². The molecule has 2 rings (SSSR count). The number of aryl methyl sites for hydroxylation is 2. The first kappa shape index (κ1) is 12.8. The van der Waals surface area contributed by atoms with Gasteiger partial charge in [0.05, 0.1) is 12.3 Å². The van der Waals surface area contributed by atoms with Crippen LogP contribution in [0.4, 0.5) is 0 Å². The van der Waals surface area contributed by atoms with E-state index in [2.05, 4.69) is 24.0 Å². The molecule has 0 aromatic carbocycles. The Morgan fingerprint density at radius 2 is 2.11 bits per heavy atom. The summed E-state index contributed by atoms with van der Waals surface area (Å²) in [5.74, 6) is 0. The molecule has 5 heteroatoms. The summed E-state index contributed by atoms with van der Waals surface area (Å²) >= 11 is 0. The van der Waals surface area contributed by atoms with Crippen molar-refractivity contribution in [1.29, 1.82) is 0 Å². The van der Waals surface area contributed by atoms with Crippen LogP contribution >= 0.6 is 0 Å². The highest BCUT2D eigenvalue weighted by atomic mass is 16.3. The summed E-state index contributed by atoms with van der Waals surface area (Å²) in [6.07, 6.45) is 6.46. The first-order valence-corrected chi connectivity index (χ1v) is 6.27. The average molecular weight is 248 g/mol. The van der Waals surface area contributed by atoms with Crippen molar-refractivity contribution < 1.29 is 5.11 Å². The summed E-state index contributed by atoms with van der Waals surface area (Å²) in [5.41, 5.74) is 2.01. The zero-order valence-electron chi connectivity index (χ0n) is 11.1. The number of rotatable bonds is 5. The van der Waals surface area contributed by atoms with Gasteiger partial charge in [0.15, 0.2) is 0 Å². The van der Waals surface area contributed by atoms with Gasteiger partial charge in [0.25, 0.3) is 0 Å². The van der Waals surface area contributed by atoms with Crippen molar-refractivity contribution in [2.45, 2.75) is 38.8 Å². The van der Waals surface area contributed by atoms with Crippen LogP contribution in [0.5, 0.6) is 0 Å². The quantitative estimate of drug-likeness (QED) is 0.878. The molecule has 98 valence electrons. The van der Waals surface area contributed by atoms with E-state index in [4.69, 9.17) is 0 Å². The molecule has 18 heavy (non-hydrogen) atoms. The largest absolute Gasteiger partial charge is 0.388 e. The van der Waals surface area contributed by atoms with E-state index in [1.54, 1.807) is 12.4 Å². The van der Waals surface area contributed by atoms with Crippen LogP contribution in [0.1, 0.15) is 43.7 Å². The standard InChI is InChI=1S/C13H20N4O/c1-10(2)17-9-11(8-15-17)13(18)5-4-12-6-7-14-16(12)3/h6-10,13,18H,4-5H2,1-3H3. The number of hydrogen-bond donors (Lipinski definition) is 1. The van der Waals surface area contributed by atoms with Crippen LogP contribution in [-0.2, 0) is 13.5 Å². The van der Waals surface area contributed by atoms with E-state index in [0.29, 0.717) is 12.5 Å². The summed E-state index contributed by atoms with van der Waals surface area (Å²) < 4.78 is 3.70. The summed E-state index contributed by atoms with van der Waals surface area (Å²) in [4.78, 5) is 0. The van der Waals surface area contributed by atoms with Gasteiger partial charge in [-0.1, -0.05) is 0 Å². The van der Waals surface area contributed by atoms with Crippen molar-refractivity contribution in [3.05, 3.63) is 35.9 Å². The maximum Gasteiger partial charge on any atom is 0.0824 e. The van der Waals surface area contributed by atoms with Gasteiger partial charge >= 0.3 is 0 Å². The first-order chi connectivity index (χ1) is 8.58. The molecule has 0 saturated carbocycles. The Hall–Kier alpha value is -1.62. The molecule has 0 saturated heterocycles. The van der Waals surface area contributed by atoms with Gasteiger partial charge in [-0.3, -0.25) is 9.36 Å². The van der Waals surface area contributed by atoms with Gasteiger partial charge in [-0.15, -0.1) is 0 Å². The van der Waals surface area contributed by atoms with Gasteiger partial charge in [-0.2, -0.15) is 10.2 Å². The highest BCUT2D eigenvalue weighted by molar-refractivity contribution is 5.09. The highest BCUT2D eigenvalue weighted by Gasteiger charge is 2.12. The fourth-order valence-corrected chi connectivity index (χ4v) is 1.91. The molecule has 0 radical (unpaired) electrons. The SMILES string of the molecule is CC(C)n1cc(C(O)CCc2ccnn2C)cn1. The highest BCUT2D eigenvalue weighted by Crippen LogP contribution is 2.19. The first-order valence-electron chi connectivity index (χ1n) is 6.27. The Balaban J connectivity index is 1.95. The predicted octanol–water partition coefficient (Wildman–Crippen LogP) is 1.86. The van der Waals surface area contributed by atoms with Crippen LogP contribution < -0.4 is 0 Å². The molecule has 0 aliphatic carbocycles. The number of hydrogen-bond acceptors (Lipinski definition) is 3. The van der Waals surface area contributed by atoms with Crippen LogP contribution in [0.15, 0.2) is 24.7 Å². The zero-order chi connectivity index (χ0) is 13.1. The number of aliphatic hydroxyl groups is 1. The molecule has 0 amide bonds. The number of aromatic nitrogens is 4. The lowest BCUT2D eigenvalue weighted by Crippen LogP contribution is -2.03. The van der Waals surface area contributed by atoms with E-state index in [1.807, 2.05) is 28.7 Å². The minimum atomic E-state index is -0.465. The van der Waals surface area contributed by atoms with E-state index < -0.39 is 6.10 Å². The topological polar surface area (TPSA) is 55.9 Å². The Labute approximate surface area is 107 Å². The van der Waals surface area contributed by atoms with E-state index in [0.717, 1.165) is 17.7 Å². The lowest BCUT2D eigenvalue weighted by molar-refractivity contribution is 0.167. The van der Waals surface area contributed by atoms with Crippen molar-refractivity contribution in [3.8, 4) is 0 Å². The van der Waals surface area contributed by atoms with Gasteiger partial charge in [0.1, 0.15) is 0 Å². The van der Waals surface area contributed by atoms with Crippen LogP contribution in [-0.4, -0.2) is 24.7 Å². The summed E-state index contributed by atoms with van der Waals surface area (Å²) in [5, 5.41) is 18.5. The molecule has 2 heterocycles. The molecule has 1 atom stereocenters. The maximum absolute atomic E-state index is 10.1. The molecule has 0 aliphatic rings. The van der Waals surface area contributed by atoms with Crippen LogP contribution in [0.3, 0.4) is 0 Å². The van der Waals surface area contributed by atoms with E-state index >= 15 is 0 Å². The van der Waals surface area contributed by atoms with Crippen LogP contribution in [0.25, 0.3) is 0 Å². The molecule has 2 aromatic heterocycles. The minimum Gasteiger partial charge on any atom is -0.388 e. The normalized spacial score (nSPS) is 13.2. The smallest absolute Gasteiger partial charge is 0.0824 e. The van der Waals surface area contributed by atoms with Gasteiger partial charge in [-0.25, -0.2) is 0 Å². The van der Waals surface area contributed by atoms with E-state index in [9.17, 15) is 5.11 Å². The Morgan fingerprint density at radius 1 is 1.33 bits per heavy atom. The lowest BCUT2D eigenvalue weighted by Gasteiger charge is -2.08. The Morgan fingerprint density at radius 3 is 2.67 bits per heavy atom. The van der Waals surface area contributed by atoms with Crippen molar-refractivity contribution in [2.75, 3.05) is 0 Å². The van der Waals surface area contributed by atoms with Gasteiger partial charge < -0.3 is 5.11 Å². The summed E-state index contributed by atoms with van der Waals surface area (Å²) in [7, 11) is 1.92. The fraction of sp³-hybridized carbons (Fsp3) is 0.538. The monoisotopic (exact) mass is 248 g/mol. The molecule has 2 aromatic rings. The molecule has 0 fully saturated rings. The van der Waals surface area contributed by atoms with Gasteiger partial charge in [-0.05, 0) is 32.8 Å². The number of nitrogens with zero attached hydrogens (tertiary/aromatic N) is 4. The number of aliphatic hydroxyl groups excluding tert-OH is 1. The second kappa shape index (κ2) is 5.35. The predicted molar refractivity (Wildman–Crippen MR) is 69.1 cm³/mol. The van der Waals surface area contributed by atoms with Crippen molar-refractivity contribution >= 4 is 0 Å². The lowest BCUT2D eigenvalue weighted by atomic mass is 10.1. The van der Waals surface area contributed by atoms with Crippen LogP contribution in [0.2, 0.25) is 0 Å². The van der Waals surface area contributed by atoms with E-state index in [-0.39, 0.29) is 0 Å². The molecular weight excluding hydrogens is 228 g/mol. The third kappa shape index (κ3) is 2.79. The maximum atomic E-state index is 10.1. The third-order valence-electron chi connectivity index (χ3n) is 3.13. The molecule has 0 spiro atoms. The molecular formula is C13H20N4O. The average Bonchev–Trinajstić information content (AvgIpc) is 2.94. The summed E-state index contributed by atoms with van der Waals surface area (Å²) in [6, 6.07) is 2.30. The Kier molecular flexibility index (Phi) is 3.81. The molecule has 5 nitrogen and oxygen atoms in total. The van der Waals surface area contributed by atoms with E-state index in [1.165, 1.54) is 0 Å². The van der Waals surface area contributed by atoms with Crippen LogP contribution in [0, 0.1) is 0 Å².